The summed E-state index contributed by atoms with van der Waals surface area (Å²) in [5, 5.41) is 7.14. The molecule has 0 saturated carbocycles. The van der Waals surface area contributed by atoms with Gasteiger partial charge in [0.15, 0.2) is 5.13 Å². The number of aromatic nitrogens is 2. The number of carbonyl (C=O) groups is 1. The topological polar surface area (TPSA) is 66.9 Å². The number of nitrogens with zero attached hydrogens (tertiary/aromatic N) is 2. The van der Waals surface area contributed by atoms with Gasteiger partial charge in [-0.05, 0) is 37.1 Å². The Morgan fingerprint density at radius 2 is 2.04 bits per heavy atom. The number of pyridine rings is 1. The molecule has 0 fully saturated rings. The summed E-state index contributed by atoms with van der Waals surface area (Å²) in [6.45, 7) is 4.02. The lowest BCUT2D eigenvalue weighted by molar-refractivity contribution is 0.103. The van der Waals surface area contributed by atoms with E-state index in [9.17, 15) is 4.79 Å². The molecule has 26 heavy (non-hydrogen) atoms. The molecular weight excluding hydrogens is 368 g/mol. The fourth-order valence-electron chi connectivity index (χ4n) is 2.46. The van der Waals surface area contributed by atoms with E-state index < -0.39 is 0 Å². The van der Waals surface area contributed by atoms with E-state index in [1.54, 1.807) is 12.3 Å². The fourth-order valence-corrected chi connectivity index (χ4v) is 3.44. The summed E-state index contributed by atoms with van der Waals surface area (Å²) in [7, 11) is 0. The maximum Gasteiger partial charge on any atom is 0.267 e. The van der Waals surface area contributed by atoms with E-state index in [0.29, 0.717) is 20.7 Å². The van der Waals surface area contributed by atoms with Gasteiger partial charge in [0, 0.05) is 5.69 Å². The van der Waals surface area contributed by atoms with Crippen LogP contribution in [0.4, 0.5) is 16.6 Å². The van der Waals surface area contributed by atoms with Gasteiger partial charge < -0.3 is 10.6 Å². The molecule has 0 atom stereocenters. The smallest absolute Gasteiger partial charge is 0.267 e. The third-order valence-corrected chi connectivity index (χ3v) is 4.96. The molecule has 2 aromatic heterocycles. The monoisotopic (exact) mass is 386 g/mol. The lowest BCUT2D eigenvalue weighted by Gasteiger charge is -2.08. The van der Waals surface area contributed by atoms with Gasteiger partial charge in [0.05, 0.1) is 16.9 Å². The molecule has 1 aromatic carbocycles. The highest BCUT2D eigenvalue weighted by molar-refractivity contribution is 7.17. The van der Waals surface area contributed by atoms with Crippen LogP contribution in [-0.2, 0) is 6.42 Å². The van der Waals surface area contributed by atoms with Crippen LogP contribution in [0.15, 0.2) is 42.6 Å². The van der Waals surface area contributed by atoms with Crippen LogP contribution in [0.1, 0.15) is 34.3 Å². The van der Waals surface area contributed by atoms with Crippen molar-refractivity contribution in [2.24, 2.45) is 0 Å². The van der Waals surface area contributed by atoms with Gasteiger partial charge in [0.1, 0.15) is 10.7 Å². The van der Waals surface area contributed by atoms with E-state index in [0.717, 1.165) is 29.9 Å². The number of anilines is 3. The zero-order chi connectivity index (χ0) is 18.5. The highest BCUT2D eigenvalue weighted by atomic mass is 35.5. The Morgan fingerprint density at radius 1 is 1.23 bits per heavy atom. The summed E-state index contributed by atoms with van der Waals surface area (Å²) < 4.78 is 0. The van der Waals surface area contributed by atoms with Crippen molar-refractivity contribution < 1.29 is 4.79 Å². The van der Waals surface area contributed by atoms with Gasteiger partial charge in [0.25, 0.3) is 5.91 Å². The van der Waals surface area contributed by atoms with Gasteiger partial charge in [0.2, 0.25) is 0 Å². The van der Waals surface area contributed by atoms with E-state index in [2.05, 4.69) is 27.5 Å². The minimum atomic E-state index is -0.237. The van der Waals surface area contributed by atoms with Crippen LogP contribution in [0.25, 0.3) is 0 Å². The summed E-state index contributed by atoms with van der Waals surface area (Å²) in [5.41, 5.74) is 2.56. The van der Waals surface area contributed by atoms with Crippen molar-refractivity contribution in [1.82, 2.24) is 9.97 Å². The maximum atomic E-state index is 12.5. The van der Waals surface area contributed by atoms with Gasteiger partial charge in [-0.25, -0.2) is 9.97 Å². The number of carbonyl (C=O) groups excluding carboxylic acids is 1. The van der Waals surface area contributed by atoms with E-state index in [-0.39, 0.29) is 5.91 Å². The van der Waals surface area contributed by atoms with E-state index in [1.807, 2.05) is 37.3 Å². The average molecular weight is 387 g/mol. The standard InChI is InChI=1S/C19H19ClN4OS/c1-3-6-13-8-5-10-16(22-13)23-19-21-11-15(26-19)18(25)24-17-12(2)7-4-9-14(17)20/h4-5,7-11H,3,6H2,1-2H3,(H,24,25)(H,21,22,23). The minimum Gasteiger partial charge on any atom is -0.320 e. The lowest BCUT2D eigenvalue weighted by atomic mass is 10.2. The molecule has 3 rings (SSSR count). The third kappa shape index (κ3) is 4.39. The average Bonchev–Trinajstić information content (AvgIpc) is 3.07. The van der Waals surface area contributed by atoms with Crippen LogP contribution in [0.2, 0.25) is 5.02 Å². The molecule has 7 heteroatoms. The van der Waals surface area contributed by atoms with Crippen LogP contribution < -0.4 is 10.6 Å². The van der Waals surface area contributed by atoms with E-state index >= 15 is 0 Å². The Hall–Kier alpha value is -2.44. The highest BCUT2D eigenvalue weighted by Gasteiger charge is 2.14. The summed E-state index contributed by atoms with van der Waals surface area (Å²) in [4.78, 5) is 21.8. The zero-order valence-electron chi connectivity index (χ0n) is 14.5. The van der Waals surface area contributed by atoms with Crippen molar-refractivity contribution in [3.8, 4) is 0 Å². The van der Waals surface area contributed by atoms with Crippen LogP contribution in [0.3, 0.4) is 0 Å². The molecule has 2 N–H and O–H groups in total. The molecule has 0 aliphatic rings. The van der Waals surface area contributed by atoms with Crippen LogP contribution in [0, 0.1) is 6.92 Å². The Balaban J connectivity index is 1.71. The molecule has 0 unspecified atom stereocenters. The van der Waals surface area contributed by atoms with Crippen molar-refractivity contribution >= 4 is 45.5 Å². The number of aryl methyl sites for hydroxylation is 2. The van der Waals surface area contributed by atoms with Crippen LogP contribution in [-0.4, -0.2) is 15.9 Å². The lowest BCUT2D eigenvalue weighted by Crippen LogP contribution is -2.11. The van der Waals surface area contributed by atoms with Crippen molar-refractivity contribution in [3.63, 3.8) is 0 Å². The number of thiazole rings is 1. The van der Waals surface area contributed by atoms with Gasteiger partial charge in [-0.3, -0.25) is 4.79 Å². The second kappa shape index (κ2) is 8.29. The fraction of sp³-hybridized carbons (Fsp3) is 0.211. The number of halogens is 1. The summed E-state index contributed by atoms with van der Waals surface area (Å²) in [5.74, 6) is 0.485. The molecule has 0 aliphatic carbocycles. The van der Waals surface area contributed by atoms with E-state index in [1.165, 1.54) is 11.3 Å². The first-order chi connectivity index (χ1) is 12.6. The summed E-state index contributed by atoms with van der Waals surface area (Å²) in [6.07, 6.45) is 3.52. The molecule has 0 bridgehead atoms. The predicted molar refractivity (Wildman–Crippen MR) is 108 cm³/mol. The first-order valence-corrected chi connectivity index (χ1v) is 9.51. The molecular formula is C19H19ClN4OS. The predicted octanol–water partition coefficient (Wildman–Crippen LogP) is 5.45. The SMILES string of the molecule is CCCc1cccc(Nc2ncc(C(=O)Nc3c(C)cccc3Cl)s2)n1. The van der Waals surface area contributed by atoms with Gasteiger partial charge in [-0.2, -0.15) is 0 Å². The zero-order valence-corrected chi connectivity index (χ0v) is 16.1. The quantitative estimate of drug-likeness (QED) is 0.591. The molecule has 0 radical (unpaired) electrons. The van der Waals surface area contributed by atoms with Gasteiger partial charge in [-0.1, -0.05) is 54.5 Å². The number of nitrogens with one attached hydrogen (secondary N) is 2. The minimum absolute atomic E-state index is 0.237. The molecule has 0 saturated heterocycles. The number of para-hydroxylation sites is 1. The molecule has 5 nitrogen and oxygen atoms in total. The first-order valence-electron chi connectivity index (χ1n) is 8.32. The van der Waals surface area contributed by atoms with Gasteiger partial charge >= 0.3 is 0 Å². The van der Waals surface area contributed by atoms with Crippen LogP contribution >= 0.6 is 22.9 Å². The number of amides is 1. The van der Waals surface area contributed by atoms with Crippen molar-refractivity contribution in [2.75, 3.05) is 10.6 Å². The molecule has 2 heterocycles. The number of hydrogen-bond donors (Lipinski definition) is 2. The summed E-state index contributed by atoms with van der Waals surface area (Å²) in [6, 6.07) is 11.3. The van der Waals surface area contributed by atoms with E-state index in [4.69, 9.17) is 11.6 Å². The second-order valence-electron chi connectivity index (χ2n) is 5.80. The Bertz CT molecular complexity index is 905. The number of benzene rings is 1. The van der Waals surface area contributed by atoms with Gasteiger partial charge in [-0.15, -0.1) is 0 Å². The first kappa shape index (κ1) is 18.4. The molecule has 1 amide bonds. The summed E-state index contributed by atoms with van der Waals surface area (Å²) >= 11 is 7.44. The number of hydrogen-bond acceptors (Lipinski definition) is 5. The maximum absolute atomic E-state index is 12.5. The Labute approximate surface area is 161 Å². The van der Waals surface area contributed by atoms with Crippen LogP contribution in [0.5, 0.6) is 0 Å². The molecule has 134 valence electrons. The Morgan fingerprint density at radius 3 is 2.81 bits per heavy atom. The van der Waals surface area contributed by atoms with Crippen molar-refractivity contribution in [2.45, 2.75) is 26.7 Å². The van der Waals surface area contributed by atoms with Crippen molar-refractivity contribution in [1.29, 1.82) is 0 Å². The highest BCUT2D eigenvalue weighted by Crippen LogP contribution is 2.27. The van der Waals surface area contributed by atoms with Crippen molar-refractivity contribution in [3.05, 3.63) is 63.8 Å². The normalized spacial score (nSPS) is 10.6. The second-order valence-corrected chi connectivity index (χ2v) is 7.24. The molecule has 0 spiro atoms. The largest absolute Gasteiger partial charge is 0.320 e. The Kier molecular flexibility index (Phi) is 5.85. The third-order valence-electron chi connectivity index (χ3n) is 3.74. The molecule has 0 aliphatic heterocycles. The molecule has 3 aromatic rings. The number of rotatable bonds is 6.